The van der Waals surface area contributed by atoms with E-state index >= 15 is 0 Å². The highest BCUT2D eigenvalue weighted by Gasteiger charge is 2.19. The average Bonchev–Trinajstić information content (AvgIpc) is 3.76. The van der Waals surface area contributed by atoms with Crippen LogP contribution in [-0.4, -0.2) is 9.97 Å². The van der Waals surface area contributed by atoms with Gasteiger partial charge in [0.2, 0.25) is 0 Å². The Bertz CT molecular complexity index is 3980. The summed E-state index contributed by atoms with van der Waals surface area (Å²) in [6, 6.07) is 82.5. The van der Waals surface area contributed by atoms with E-state index in [1.807, 2.05) is 36.4 Å². The van der Waals surface area contributed by atoms with Gasteiger partial charge in [-0.3, -0.25) is 0 Å². The lowest BCUT2D eigenvalue weighted by atomic mass is 9.83. The minimum absolute atomic E-state index is 0.689. The number of fused-ring (bicyclic) bond motifs is 8. The molecule has 0 unspecified atom stereocenters. The molecule has 0 aliphatic carbocycles. The van der Waals surface area contributed by atoms with Gasteiger partial charge in [0.15, 0.2) is 5.82 Å². The van der Waals surface area contributed by atoms with Crippen molar-refractivity contribution in [2.45, 2.75) is 0 Å². The number of hydrogen-bond acceptors (Lipinski definition) is 3. The van der Waals surface area contributed by atoms with Gasteiger partial charge < -0.3 is 4.42 Å². The number of rotatable bonds is 6. The lowest BCUT2D eigenvalue weighted by molar-refractivity contribution is 0.669. The van der Waals surface area contributed by atoms with Crippen LogP contribution in [-0.2, 0) is 0 Å². The molecule has 0 amide bonds. The maximum atomic E-state index is 6.15. The first kappa shape index (κ1) is 36.9. The zero-order valence-electron chi connectivity index (χ0n) is 35.2. The second kappa shape index (κ2) is 15.0. The summed E-state index contributed by atoms with van der Waals surface area (Å²) in [6.07, 6.45) is 0. The van der Waals surface area contributed by atoms with Crippen molar-refractivity contribution in [2.24, 2.45) is 0 Å². The van der Waals surface area contributed by atoms with Crippen LogP contribution in [0.15, 0.2) is 235 Å². The first-order valence-electron chi connectivity index (χ1n) is 22.1. The summed E-state index contributed by atoms with van der Waals surface area (Å²) in [5.74, 6) is 0.689. The summed E-state index contributed by atoms with van der Waals surface area (Å²) in [5.41, 5.74) is 13.8. The highest BCUT2D eigenvalue weighted by molar-refractivity contribution is 6.28. The first-order valence-corrected chi connectivity index (χ1v) is 22.1. The smallest absolute Gasteiger partial charge is 0.160 e. The largest absolute Gasteiger partial charge is 0.456 e. The van der Waals surface area contributed by atoms with Gasteiger partial charge in [-0.05, 0) is 119 Å². The molecule has 0 saturated carbocycles. The Hall–Kier alpha value is -8.66. The molecule has 2 heterocycles. The van der Waals surface area contributed by atoms with Crippen molar-refractivity contribution in [1.82, 2.24) is 9.97 Å². The van der Waals surface area contributed by atoms with Crippen LogP contribution in [0.1, 0.15) is 0 Å². The molecule has 0 fully saturated rings. The molecular weight excluding hydrogens is 789 g/mol. The summed E-state index contributed by atoms with van der Waals surface area (Å²) in [4.78, 5) is 10.2. The Labute approximate surface area is 375 Å². The second-order valence-electron chi connectivity index (χ2n) is 16.9. The van der Waals surface area contributed by atoms with Crippen LogP contribution in [0.25, 0.3) is 132 Å². The lowest BCUT2D eigenvalue weighted by Crippen LogP contribution is -1.96. The highest BCUT2D eigenvalue weighted by Crippen LogP contribution is 2.47. The van der Waals surface area contributed by atoms with E-state index in [2.05, 4.69) is 194 Å². The van der Waals surface area contributed by atoms with Crippen molar-refractivity contribution >= 4 is 65.0 Å². The van der Waals surface area contributed by atoms with E-state index in [0.29, 0.717) is 5.82 Å². The van der Waals surface area contributed by atoms with Gasteiger partial charge in [-0.2, -0.15) is 0 Å². The summed E-state index contributed by atoms with van der Waals surface area (Å²) in [6.45, 7) is 0. The Morgan fingerprint density at radius 1 is 0.262 bits per heavy atom. The van der Waals surface area contributed by atoms with Crippen molar-refractivity contribution < 1.29 is 4.42 Å². The number of aromatic nitrogens is 2. The second-order valence-corrected chi connectivity index (χ2v) is 16.9. The fraction of sp³-hybridized carbons (Fsp3) is 0. The van der Waals surface area contributed by atoms with Gasteiger partial charge in [0.1, 0.15) is 11.2 Å². The molecular formula is C62H38N2O. The Morgan fingerprint density at radius 3 is 1.57 bits per heavy atom. The summed E-state index contributed by atoms with van der Waals surface area (Å²) in [7, 11) is 0. The third-order valence-corrected chi connectivity index (χ3v) is 13.1. The van der Waals surface area contributed by atoms with E-state index in [0.717, 1.165) is 55.6 Å². The number of benzene rings is 11. The zero-order valence-corrected chi connectivity index (χ0v) is 35.2. The van der Waals surface area contributed by atoms with Crippen LogP contribution in [0.2, 0.25) is 0 Å². The van der Waals surface area contributed by atoms with Crippen molar-refractivity contribution in [3.8, 4) is 67.3 Å². The number of hydrogen-bond donors (Lipinski definition) is 0. The molecule has 0 aliphatic rings. The van der Waals surface area contributed by atoms with Crippen molar-refractivity contribution in [3.05, 3.63) is 231 Å². The molecule has 0 atom stereocenters. The van der Waals surface area contributed by atoms with Gasteiger partial charge in [-0.1, -0.05) is 188 Å². The molecule has 302 valence electrons. The van der Waals surface area contributed by atoms with Crippen LogP contribution >= 0.6 is 0 Å². The minimum atomic E-state index is 0.689. The summed E-state index contributed by atoms with van der Waals surface area (Å²) >= 11 is 0. The fourth-order valence-electron chi connectivity index (χ4n) is 9.92. The maximum absolute atomic E-state index is 6.15. The molecule has 0 aliphatic heterocycles. The van der Waals surface area contributed by atoms with Crippen molar-refractivity contribution in [1.29, 1.82) is 0 Å². The van der Waals surface area contributed by atoms with E-state index in [4.69, 9.17) is 14.4 Å². The van der Waals surface area contributed by atoms with Crippen molar-refractivity contribution in [2.75, 3.05) is 0 Å². The average molecular weight is 827 g/mol. The number of nitrogens with zero attached hydrogens (tertiary/aromatic N) is 2. The fourth-order valence-corrected chi connectivity index (χ4v) is 9.92. The normalized spacial score (nSPS) is 11.7. The Kier molecular flexibility index (Phi) is 8.53. The van der Waals surface area contributed by atoms with Gasteiger partial charge in [-0.25, -0.2) is 9.97 Å². The van der Waals surface area contributed by atoms with Crippen LogP contribution in [0.5, 0.6) is 0 Å². The van der Waals surface area contributed by atoms with Gasteiger partial charge in [0.05, 0.1) is 11.4 Å². The SMILES string of the molecule is c1ccc(-c2nc(-c3ccc(-c4ccc5cc(-c6c7ccccc7c(-c7ccccc7)c7ccc8ccccc8c67)ccc5c4)cc3)cc(-c3ccc4oc5ccccc5c4c3)n2)cc1. The third kappa shape index (κ3) is 6.28. The van der Waals surface area contributed by atoms with Crippen LogP contribution in [0, 0.1) is 0 Å². The predicted octanol–water partition coefficient (Wildman–Crippen LogP) is 17.0. The van der Waals surface area contributed by atoms with E-state index in [1.54, 1.807) is 0 Å². The molecule has 0 bridgehead atoms. The highest BCUT2D eigenvalue weighted by atomic mass is 16.3. The van der Waals surface area contributed by atoms with Crippen molar-refractivity contribution in [3.63, 3.8) is 0 Å². The molecule has 13 rings (SSSR count). The number of para-hydroxylation sites is 1. The van der Waals surface area contributed by atoms with Crippen LogP contribution in [0.4, 0.5) is 0 Å². The van der Waals surface area contributed by atoms with E-state index < -0.39 is 0 Å². The van der Waals surface area contributed by atoms with Crippen LogP contribution < -0.4 is 0 Å². The monoisotopic (exact) mass is 826 g/mol. The topological polar surface area (TPSA) is 38.9 Å². The number of furan rings is 1. The molecule has 2 aromatic heterocycles. The zero-order chi connectivity index (χ0) is 42.8. The molecule has 0 N–H and O–H groups in total. The summed E-state index contributed by atoms with van der Waals surface area (Å²) in [5, 5.41) is 12.1. The molecule has 0 spiro atoms. The van der Waals surface area contributed by atoms with Gasteiger partial charge in [0.25, 0.3) is 0 Å². The van der Waals surface area contributed by atoms with Gasteiger partial charge in [-0.15, -0.1) is 0 Å². The van der Waals surface area contributed by atoms with E-state index in [9.17, 15) is 0 Å². The lowest BCUT2D eigenvalue weighted by Gasteiger charge is -2.19. The minimum Gasteiger partial charge on any atom is -0.456 e. The van der Waals surface area contributed by atoms with E-state index in [1.165, 1.54) is 70.9 Å². The first-order chi connectivity index (χ1) is 32.2. The molecule has 11 aromatic carbocycles. The standard InChI is InChI=1S/C62H38N2O/c1-3-14-42(15-4-1)59-51-20-9-10-21-52(51)60(61-49-18-8-7-13-40(49)31-33-53(59)61)48-30-29-45-35-44(27-28-46(45)36-48)39-23-25-41(26-24-39)55-38-56(64-62(63-55)43-16-5-2-6-17-43)47-32-34-58-54(37-47)50-19-11-12-22-57(50)65-58/h1-38H. The predicted molar refractivity (Wildman–Crippen MR) is 272 cm³/mol. The van der Waals surface area contributed by atoms with Crippen LogP contribution in [0.3, 0.4) is 0 Å². The quantitative estimate of drug-likeness (QED) is 0.124. The Morgan fingerprint density at radius 2 is 0.800 bits per heavy atom. The maximum Gasteiger partial charge on any atom is 0.160 e. The van der Waals surface area contributed by atoms with E-state index in [-0.39, 0.29) is 0 Å². The molecule has 0 radical (unpaired) electrons. The molecule has 3 heteroatoms. The third-order valence-electron chi connectivity index (χ3n) is 13.1. The molecule has 13 aromatic rings. The molecule has 65 heavy (non-hydrogen) atoms. The summed E-state index contributed by atoms with van der Waals surface area (Å²) < 4.78 is 6.15. The Balaban J connectivity index is 0.889. The molecule has 3 nitrogen and oxygen atoms in total. The van der Waals surface area contributed by atoms with Gasteiger partial charge in [0, 0.05) is 27.5 Å². The van der Waals surface area contributed by atoms with Gasteiger partial charge >= 0.3 is 0 Å². The molecule has 0 saturated heterocycles.